The first-order valence-electron chi connectivity index (χ1n) is 5.25. The second-order valence-corrected chi connectivity index (χ2v) is 4.44. The molecular weight excluding hydrogens is 255 g/mol. The zero-order valence-corrected chi connectivity index (χ0v) is 10.8. The van der Waals surface area contributed by atoms with Crippen LogP contribution in [0.3, 0.4) is 0 Å². The number of halogens is 2. The Labute approximate surface area is 111 Å². The van der Waals surface area contributed by atoms with Crippen LogP contribution in [0.1, 0.15) is 17.2 Å². The molecule has 1 atom stereocenters. The molecule has 1 heterocycles. The van der Waals surface area contributed by atoms with E-state index in [1.807, 2.05) is 37.5 Å². The van der Waals surface area contributed by atoms with Gasteiger partial charge >= 0.3 is 0 Å². The molecule has 0 bridgehead atoms. The number of nitrogens with one attached hydrogen (secondary N) is 1. The smallest absolute Gasteiger partial charge is 0.0643 e. The Morgan fingerprint density at radius 3 is 2.65 bits per heavy atom. The molecule has 1 unspecified atom stereocenters. The number of pyridine rings is 1. The highest BCUT2D eigenvalue weighted by Crippen LogP contribution is 2.32. The van der Waals surface area contributed by atoms with Crippen LogP contribution < -0.4 is 5.32 Å². The van der Waals surface area contributed by atoms with E-state index in [9.17, 15) is 0 Å². The van der Waals surface area contributed by atoms with Crippen LogP contribution in [-0.4, -0.2) is 12.0 Å². The Balaban J connectivity index is 2.46. The third kappa shape index (κ3) is 2.60. The molecule has 17 heavy (non-hydrogen) atoms. The number of aromatic nitrogens is 1. The summed E-state index contributed by atoms with van der Waals surface area (Å²) >= 11 is 12.3. The molecule has 1 N–H and O–H groups in total. The van der Waals surface area contributed by atoms with Crippen LogP contribution in [0.5, 0.6) is 0 Å². The van der Waals surface area contributed by atoms with Gasteiger partial charge in [0.1, 0.15) is 0 Å². The zero-order valence-electron chi connectivity index (χ0n) is 9.32. The maximum Gasteiger partial charge on any atom is 0.0643 e. The summed E-state index contributed by atoms with van der Waals surface area (Å²) in [7, 11) is 1.88. The van der Waals surface area contributed by atoms with Crippen molar-refractivity contribution >= 4 is 23.2 Å². The second-order valence-electron chi connectivity index (χ2n) is 3.65. The summed E-state index contributed by atoms with van der Waals surface area (Å²) in [5, 5.41) is 4.36. The van der Waals surface area contributed by atoms with Gasteiger partial charge in [-0.2, -0.15) is 0 Å². The van der Waals surface area contributed by atoms with Crippen molar-refractivity contribution in [3.8, 4) is 0 Å². The van der Waals surface area contributed by atoms with Crippen molar-refractivity contribution in [3.05, 3.63) is 63.9 Å². The Bertz CT molecular complexity index is 500. The summed E-state index contributed by atoms with van der Waals surface area (Å²) in [5.41, 5.74) is 2.01. The van der Waals surface area contributed by atoms with Gasteiger partial charge in [0.05, 0.1) is 16.1 Å². The quantitative estimate of drug-likeness (QED) is 0.917. The van der Waals surface area contributed by atoms with E-state index in [0.29, 0.717) is 10.0 Å². The molecule has 2 nitrogen and oxygen atoms in total. The third-order valence-corrected chi connectivity index (χ3v) is 3.43. The standard InChI is InChI=1S/C13H12Cl2N2/c1-16-13(9-4-3-7-17-8-9)10-5-2-6-11(14)12(10)15/h2-8,13,16H,1H3. The normalized spacial score (nSPS) is 12.4. The van der Waals surface area contributed by atoms with Gasteiger partial charge in [-0.05, 0) is 30.3 Å². The second kappa shape index (κ2) is 5.50. The number of nitrogens with zero attached hydrogens (tertiary/aromatic N) is 1. The fourth-order valence-corrected chi connectivity index (χ4v) is 2.21. The highest BCUT2D eigenvalue weighted by molar-refractivity contribution is 6.42. The molecule has 0 aliphatic rings. The monoisotopic (exact) mass is 266 g/mol. The minimum atomic E-state index is -0.00472. The van der Waals surface area contributed by atoms with E-state index in [1.54, 1.807) is 12.3 Å². The molecule has 2 aromatic rings. The lowest BCUT2D eigenvalue weighted by molar-refractivity contribution is 0.689. The lowest BCUT2D eigenvalue weighted by Gasteiger charge is -2.18. The van der Waals surface area contributed by atoms with Crippen molar-refractivity contribution in [2.45, 2.75) is 6.04 Å². The van der Waals surface area contributed by atoms with Crippen molar-refractivity contribution in [2.24, 2.45) is 0 Å². The van der Waals surface area contributed by atoms with E-state index in [0.717, 1.165) is 11.1 Å². The lowest BCUT2D eigenvalue weighted by Crippen LogP contribution is -2.18. The predicted octanol–water partition coefficient (Wildman–Crippen LogP) is 3.70. The summed E-state index contributed by atoms with van der Waals surface area (Å²) in [6, 6.07) is 9.54. The van der Waals surface area contributed by atoms with Crippen molar-refractivity contribution in [3.63, 3.8) is 0 Å². The van der Waals surface area contributed by atoms with E-state index in [2.05, 4.69) is 10.3 Å². The van der Waals surface area contributed by atoms with Crippen LogP contribution in [0.15, 0.2) is 42.7 Å². The van der Waals surface area contributed by atoms with E-state index in [1.165, 1.54) is 0 Å². The molecule has 2 rings (SSSR count). The highest BCUT2D eigenvalue weighted by Gasteiger charge is 2.16. The van der Waals surface area contributed by atoms with Gasteiger partial charge in [-0.15, -0.1) is 0 Å². The average Bonchev–Trinajstić information content (AvgIpc) is 2.37. The predicted molar refractivity (Wildman–Crippen MR) is 71.6 cm³/mol. The van der Waals surface area contributed by atoms with E-state index < -0.39 is 0 Å². The Hall–Kier alpha value is -1.09. The van der Waals surface area contributed by atoms with Crippen LogP contribution in [-0.2, 0) is 0 Å². The maximum atomic E-state index is 6.22. The first-order valence-corrected chi connectivity index (χ1v) is 6.00. The molecule has 0 spiro atoms. The van der Waals surface area contributed by atoms with Crippen LogP contribution in [0.4, 0.5) is 0 Å². The minimum absolute atomic E-state index is 0.00472. The van der Waals surface area contributed by atoms with Crippen LogP contribution in [0.25, 0.3) is 0 Å². The van der Waals surface area contributed by atoms with Gasteiger partial charge < -0.3 is 5.32 Å². The largest absolute Gasteiger partial charge is 0.309 e. The first-order chi connectivity index (χ1) is 8.24. The SMILES string of the molecule is CNC(c1cccnc1)c1cccc(Cl)c1Cl. The van der Waals surface area contributed by atoms with Crippen molar-refractivity contribution < 1.29 is 0 Å². The molecule has 1 aromatic heterocycles. The van der Waals surface area contributed by atoms with Gasteiger partial charge in [0.2, 0.25) is 0 Å². The van der Waals surface area contributed by atoms with Gasteiger partial charge in [-0.3, -0.25) is 4.98 Å². The zero-order chi connectivity index (χ0) is 12.3. The molecule has 88 valence electrons. The average molecular weight is 267 g/mol. The van der Waals surface area contributed by atoms with Gasteiger partial charge in [0.15, 0.2) is 0 Å². The third-order valence-electron chi connectivity index (χ3n) is 2.60. The van der Waals surface area contributed by atoms with Crippen LogP contribution >= 0.6 is 23.2 Å². The summed E-state index contributed by atoms with van der Waals surface area (Å²) in [6.07, 6.45) is 3.56. The molecule has 0 aliphatic heterocycles. The summed E-state index contributed by atoms with van der Waals surface area (Å²) < 4.78 is 0. The summed E-state index contributed by atoms with van der Waals surface area (Å²) in [6.45, 7) is 0. The molecule has 1 aromatic carbocycles. The summed E-state index contributed by atoms with van der Waals surface area (Å²) in [4.78, 5) is 4.12. The van der Waals surface area contributed by atoms with Crippen LogP contribution in [0.2, 0.25) is 10.0 Å². The van der Waals surface area contributed by atoms with Crippen LogP contribution in [0, 0.1) is 0 Å². The molecule has 0 amide bonds. The first kappa shape index (κ1) is 12.4. The Morgan fingerprint density at radius 2 is 2.00 bits per heavy atom. The maximum absolute atomic E-state index is 6.22. The fraction of sp³-hybridized carbons (Fsp3) is 0.154. The van der Waals surface area contributed by atoms with Gasteiger partial charge in [0.25, 0.3) is 0 Å². The fourth-order valence-electron chi connectivity index (χ4n) is 1.79. The Morgan fingerprint density at radius 1 is 1.18 bits per heavy atom. The van der Waals surface area contributed by atoms with Crippen molar-refractivity contribution in [2.75, 3.05) is 7.05 Å². The number of rotatable bonds is 3. The van der Waals surface area contributed by atoms with E-state index in [4.69, 9.17) is 23.2 Å². The number of hydrogen-bond donors (Lipinski definition) is 1. The molecule has 0 fully saturated rings. The van der Waals surface area contributed by atoms with E-state index >= 15 is 0 Å². The highest BCUT2D eigenvalue weighted by atomic mass is 35.5. The molecule has 0 saturated carbocycles. The molecule has 0 saturated heterocycles. The number of hydrogen-bond acceptors (Lipinski definition) is 2. The Kier molecular flexibility index (Phi) is 4.00. The van der Waals surface area contributed by atoms with E-state index in [-0.39, 0.29) is 6.04 Å². The number of benzene rings is 1. The van der Waals surface area contributed by atoms with Crippen molar-refractivity contribution in [1.82, 2.24) is 10.3 Å². The van der Waals surface area contributed by atoms with Crippen molar-refractivity contribution in [1.29, 1.82) is 0 Å². The lowest BCUT2D eigenvalue weighted by atomic mass is 10.0. The van der Waals surface area contributed by atoms with Gasteiger partial charge in [-0.1, -0.05) is 41.4 Å². The molecular formula is C13H12Cl2N2. The minimum Gasteiger partial charge on any atom is -0.309 e. The molecule has 0 aliphatic carbocycles. The van der Waals surface area contributed by atoms with Gasteiger partial charge in [0, 0.05) is 12.4 Å². The topological polar surface area (TPSA) is 24.9 Å². The summed E-state index contributed by atoms with van der Waals surface area (Å²) in [5.74, 6) is 0. The van der Waals surface area contributed by atoms with Gasteiger partial charge in [-0.25, -0.2) is 0 Å². The molecule has 0 radical (unpaired) electrons. The molecule has 4 heteroatoms.